The van der Waals surface area contributed by atoms with Crippen LogP contribution in [0.5, 0.6) is 0 Å². The van der Waals surface area contributed by atoms with E-state index >= 15 is 0 Å². The van der Waals surface area contributed by atoms with E-state index in [-0.39, 0.29) is 6.54 Å². The first-order valence-corrected chi connectivity index (χ1v) is 9.16. The molecule has 1 aromatic rings. The lowest BCUT2D eigenvalue weighted by Gasteiger charge is -2.37. The van der Waals surface area contributed by atoms with Crippen molar-refractivity contribution in [3.63, 3.8) is 0 Å². The summed E-state index contributed by atoms with van der Waals surface area (Å²) in [4.78, 5) is 38.9. The van der Waals surface area contributed by atoms with Gasteiger partial charge in [0.05, 0.1) is 13.2 Å². The summed E-state index contributed by atoms with van der Waals surface area (Å²) in [6.07, 6.45) is -1.71. The van der Waals surface area contributed by atoms with Crippen molar-refractivity contribution >= 4 is 18.0 Å². The fourth-order valence-corrected chi connectivity index (χ4v) is 3.10. The van der Waals surface area contributed by atoms with Gasteiger partial charge in [0.1, 0.15) is 17.7 Å². The molecular formula is C20H28N2O6. The topological polar surface area (TPSA) is 105 Å². The lowest BCUT2D eigenvalue weighted by atomic mass is 9.93. The average molecular weight is 392 g/mol. The Kier molecular flexibility index (Phi) is 6.66. The maximum absolute atomic E-state index is 13.2. The summed E-state index contributed by atoms with van der Waals surface area (Å²) in [5.41, 5.74) is 1.10. The molecule has 0 unspecified atom stereocenters. The van der Waals surface area contributed by atoms with Crippen LogP contribution < -0.4 is 5.32 Å². The Labute approximate surface area is 164 Å². The molecule has 1 heterocycles. The van der Waals surface area contributed by atoms with E-state index in [4.69, 9.17) is 9.47 Å². The van der Waals surface area contributed by atoms with Crippen LogP contribution in [0.15, 0.2) is 24.3 Å². The largest absolute Gasteiger partial charge is 0.467 e. The van der Waals surface area contributed by atoms with Crippen molar-refractivity contribution in [1.29, 1.82) is 0 Å². The zero-order chi connectivity index (χ0) is 21.1. The second-order valence-corrected chi connectivity index (χ2v) is 7.84. The van der Waals surface area contributed by atoms with Gasteiger partial charge in [0.25, 0.3) is 0 Å². The minimum atomic E-state index is -1.26. The molecule has 0 fully saturated rings. The van der Waals surface area contributed by atoms with Gasteiger partial charge >= 0.3 is 12.1 Å². The van der Waals surface area contributed by atoms with Gasteiger partial charge in [-0.1, -0.05) is 24.3 Å². The van der Waals surface area contributed by atoms with E-state index in [1.807, 2.05) is 24.3 Å². The molecule has 0 radical (unpaired) electrons. The number of hydrogen-bond donors (Lipinski definition) is 2. The number of aliphatic hydroxyl groups is 1. The molecule has 3 atom stereocenters. The van der Waals surface area contributed by atoms with Gasteiger partial charge in [-0.25, -0.2) is 9.59 Å². The maximum atomic E-state index is 13.2. The molecule has 2 rings (SSSR count). The van der Waals surface area contributed by atoms with Crippen molar-refractivity contribution in [2.24, 2.45) is 0 Å². The number of benzene rings is 1. The molecule has 2 amide bonds. The molecule has 8 nitrogen and oxygen atoms in total. The van der Waals surface area contributed by atoms with Crippen LogP contribution in [0, 0.1) is 0 Å². The number of rotatable bonds is 4. The lowest BCUT2D eigenvalue weighted by Crippen LogP contribution is -2.59. The summed E-state index contributed by atoms with van der Waals surface area (Å²) in [5, 5.41) is 12.5. The van der Waals surface area contributed by atoms with Gasteiger partial charge in [0.2, 0.25) is 5.91 Å². The van der Waals surface area contributed by atoms with Gasteiger partial charge in [-0.05, 0) is 38.8 Å². The number of esters is 1. The maximum Gasteiger partial charge on any atom is 0.408 e. The molecule has 28 heavy (non-hydrogen) atoms. The van der Waals surface area contributed by atoms with Crippen LogP contribution in [0.3, 0.4) is 0 Å². The van der Waals surface area contributed by atoms with E-state index in [1.54, 1.807) is 20.8 Å². The Morgan fingerprint density at radius 2 is 1.82 bits per heavy atom. The SMILES string of the molecule is COC(=O)[C@@H]1Cc2ccccc2CN1C(=O)[C@@H](NC(=O)OC(C)(C)C)[C@@H](C)O. The molecule has 154 valence electrons. The first kappa shape index (κ1) is 21.7. The number of carbonyl (C=O) groups excluding carboxylic acids is 3. The number of ether oxygens (including phenoxy) is 2. The molecule has 8 heteroatoms. The number of amides is 2. The van der Waals surface area contributed by atoms with Crippen molar-refractivity contribution < 1.29 is 29.0 Å². The smallest absolute Gasteiger partial charge is 0.408 e. The fourth-order valence-electron chi connectivity index (χ4n) is 3.10. The molecule has 0 aliphatic carbocycles. The van der Waals surface area contributed by atoms with E-state index in [2.05, 4.69) is 5.32 Å². The summed E-state index contributed by atoms with van der Waals surface area (Å²) in [6.45, 7) is 6.65. The van der Waals surface area contributed by atoms with Crippen molar-refractivity contribution in [2.45, 2.75) is 64.4 Å². The van der Waals surface area contributed by atoms with Crippen LogP contribution in [0.1, 0.15) is 38.8 Å². The predicted octanol–water partition coefficient (Wildman–Crippen LogP) is 1.39. The monoisotopic (exact) mass is 392 g/mol. The molecule has 0 saturated carbocycles. The fraction of sp³-hybridized carbons (Fsp3) is 0.550. The Bertz CT molecular complexity index is 740. The summed E-state index contributed by atoms with van der Waals surface area (Å²) in [7, 11) is 1.26. The van der Waals surface area contributed by atoms with Gasteiger partial charge in [-0.2, -0.15) is 0 Å². The Balaban J connectivity index is 2.28. The Morgan fingerprint density at radius 3 is 2.36 bits per heavy atom. The molecule has 0 saturated heterocycles. The first-order chi connectivity index (χ1) is 13.0. The van der Waals surface area contributed by atoms with Crippen molar-refractivity contribution in [1.82, 2.24) is 10.2 Å². The van der Waals surface area contributed by atoms with Gasteiger partial charge < -0.3 is 24.8 Å². The number of aliphatic hydroxyl groups excluding tert-OH is 1. The van der Waals surface area contributed by atoms with E-state index in [0.29, 0.717) is 6.42 Å². The van der Waals surface area contributed by atoms with Gasteiger partial charge in [-0.15, -0.1) is 0 Å². The molecule has 0 spiro atoms. The van der Waals surface area contributed by atoms with Crippen LogP contribution in [-0.4, -0.2) is 58.9 Å². The van der Waals surface area contributed by atoms with Gasteiger partial charge in [0.15, 0.2) is 0 Å². The molecule has 1 aromatic carbocycles. The standard InChI is InChI=1S/C20H28N2O6/c1-12(23)16(21-19(26)28-20(2,3)4)17(24)22-11-14-9-7-6-8-13(14)10-15(22)18(25)27-5/h6-9,12,15-16,23H,10-11H2,1-5H3,(H,21,26)/t12-,15+,16+/m1/s1. The number of nitrogens with zero attached hydrogens (tertiary/aromatic N) is 1. The second kappa shape index (κ2) is 8.60. The van der Waals surface area contributed by atoms with Crippen LogP contribution >= 0.6 is 0 Å². The minimum absolute atomic E-state index is 0.175. The summed E-state index contributed by atoms with van der Waals surface area (Å²) in [6, 6.07) is 5.40. The summed E-state index contributed by atoms with van der Waals surface area (Å²) in [5.74, 6) is -1.13. The highest BCUT2D eigenvalue weighted by molar-refractivity contribution is 5.90. The normalized spacial score (nSPS) is 18.5. The number of fused-ring (bicyclic) bond motifs is 1. The Morgan fingerprint density at radius 1 is 1.21 bits per heavy atom. The molecule has 0 bridgehead atoms. The quantitative estimate of drug-likeness (QED) is 0.750. The van der Waals surface area contributed by atoms with Crippen LogP contribution in [-0.2, 0) is 32.0 Å². The number of alkyl carbamates (subject to hydrolysis) is 1. The average Bonchev–Trinajstić information content (AvgIpc) is 2.62. The third kappa shape index (κ3) is 5.22. The van der Waals surface area contributed by atoms with E-state index in [0.717, 1.165) is 11.1 Å². The van der Waals surface area contributed by atoms with Crippen LogP contribution in [0.4, 0.5) is 4.79 Å². The molecular weight excluding hydrogens is 364 g/mol. The molecule has 0 aromatic heterocycles. The Hall–Kier alpha value is -2.61. The van der Waals surface area contributed by atoms with Crippen molar-refractivity contribution in [3.05, 3.63) is 35.4 Å². The highest BCUT2D eigenvalue weighted by Crippen LogP contribution is 2.25. The first-order valence-electron chi connectivity index (χ1n) is 9.16. The zero-order valence-electron chi connectivity index (χ0n) is 16.9. The van der Waals surface area contributed by atoms with Gasteiger partial charge in [-0.3, -0.25) is 4.79 Å². The summed E-state index contributed by atoms with van der Waals surface area (Å²) >= 11 is 0. The third-order valence-electron chi connectivity index (χ3n) is 4.43. The van der Waals surface area contributed by atoms with Crippen molar-refractivity contribution in [3.8, 4) is 0 Å². The van der Waals surface area contributed by atoms with E-state index in [9.17, 15) is 19.5 Å². The lowest BCUT2D eigenvalue weighted by molar-refractivity contribution is -0.155. The number of nitrogens with one attached hydrogen (secondary N) is 1. The van der Waals surface area contributed by atoms with E-state index in [1.165, 1.54) is 18.9 Å². The molecule has 1 aliphatic heterocycles. The third-order valence-corrected chi connectivity index (χ3v) is 4.43. The molecule has 1 aliphatic rings. The second-order valence-electron chi connectivity index (χ2n) is 7.84. The molecule has 2 N–H and O–H groups in total. The van der Waals surface area contributed by atoms with E-state index < -0.39 is 41.8 Å². The minimum Gasteiger partial charge on any atom is -0.467 e. The predicted molar refractivity (Wildman–Crippen MR) is 101 cm³/mol. The summed E-state index contributed by atoms with van der Waals surface area (Å²) < 4.78 is 10.0. The van der Waals surface area contributed by atoms with Crippen LogP contribution in [0.25, 0.3) is 0 Å². The number of hydrogen-bond acceptors (Lipinski definition) is 6. The van der Waals surface area contributed by atoms with Crippen molar-refractivity contribution in [2.75, 3.05) is 7.11 Å². The van der Waals surface area contributed by atoms with Gasteiger partial charge in [0, 0.05) is 13.0 Å². The number of carbonyl (C=O) groups is 3. The number of methoxy groups -OCH3 is 1. The van der Waals surface area contributed by atoms with Crippen LogP contribution in [0.2, 0.25) is 0 Å². The highest BCUT2D eigenvalue weighted by Gasteiger charge is 2.40. The highest BCUT2D eigenvalue weighted by atomic mass is 16.6. The zero-order valence-corrected chi connectivity index (χ0v) is 16.9.